The van der Waals surface area contributed by atoms with Crippen molar-refractivity contribution in [3.05, 3.63) is 58.9 Å². The molecule has 1 heterocycles. The highest BCUT2D eigenvalue weighted by molar-refractivity contribution is 7.22. The van der Waals surface area contributed by atoms with Gasteiger partial charge in [0.25, 0.3) is 0 Å². The van der Waals surface area contributed by atoms with Crippen molar-refractivity contribution in [1.29, 1.82) is 0 Å². The molecule has 0 amide bonds. The lowest BCUT2D eigenvalue weighted by Gasteiger charge is -2.00. The average molecular weight is 292 g/mol. The van der Waals surface area contributed by atoms with E-state index < -0.39 is 17.5 Å². The maximum atomic E-state index is 14.4. The topological polar surface area (TPSA) is 0 Å². The summed E-state index contributed by atoms with van der Waals surface area (Å²) in [7, 11) is 0. The van der Waals surface area contributed by atoms with E-state index in [0.717, 1.165) is 16.9 Å². The van der Waals surface area contributed by atoms with Crippen LogP contribution in [0.1, 0.15) is 11.1 Å². The summed E-state index contributed by atoms with van der Waals surface area (Å²) in [4.78, 5) is 0.337. The summed E-state index contributed by atoms with van der Waals surface area (Å²) in [5.41, 5.74) is 1.92. The van der Waals surface area contributed by atoms with Crippen molar-refractivity contribution in [2.45, 2.75) is 13.8 Å². The first kappa shape index (κ1) is 13.2. The van der Waals surface area contributed by atoms with Gasteiger partial charge >= 0.3 is 0 Å². The molecule has 0 aliphatic carbocycles. The molecule has 0 atom stereocenters. The summed E-state index contributed by atoms with van der Waals surface area (Å²) in [6.07, 6.45) is 0. The molecule has 0 saturated carbocycles. The Bertz CT molecular complexity index is 801. The van der Waals surface area contributed by atoms with Gasteiger partial charge < -0.3 is 0 Å². The second-order valence-electron chi connectivity index (χ2n) is 4.81. The van der Waals surface area contributed by atoms with E-state index in [1.165, 1.54) is 13.0 Å². The molecule has 2 aromatic carbocycles. The highest BCUT2D eigenvalue weighted by atomic mass is 32.1. The lowest BCUT2D eigenvalue weighted by molar-refractivity contribution is 0.507. The molecule has 3 rings (SSSR count). The van der Waals surface area contributed by atoms with Crippen molar-refractivity contribution < 1.29 is 13.2 Å². The quantitative estimate of drug-likeness (QED) is 0.547. The summed E-state index contributed by atoms with van der Waals surface area (Å²) < 4.78 is 42.3. The van der Waals surface area contributed by atoms with E-state index in [9.17, 15) is 13.2 Å². The van der Waals surface area contributed by atoms with Crippen LogP contribution >= 0.6 is 11.3 Å². The van der Waals surface area contributed by atoms with Crippen LogP contribution in [0.2, 0.25) is 0 Å². The number of rotatable bonds is 1. The molecule has 0 radical (unpaired) electrons. The summed E-state index contributed by atoms with van der Waals surface area (Å²) in [5, 5.41) is -0.256. The van der Waals surface area contributed by atoms with E-state index >= 15 is 0 Å². The first-order chi connectivity index (χ1) is 9.49. The number of aryl methyl sites for hydroxylation is 2. The second-order valence-corrected chi connectivity index (χ2v) is 5.86. The molecule has 0 aliphatic heterocycles. The van der Waals surface area contributed by atoms with Gasteiger partial charge in [-0.15, -0.1) is 11.3 Å². The van der Waals surface area contributed by atoms with Crippen molar-refractivity contribution in [3.63, 3.8) is 0 Å². The van der Waals surface area contributed by atoms with Gasteiger partial charge in [-0.1, -0.05) is 29.8 Å². The van der Waals surface area contributed by atoms with Gasteiger partial charge in [0.2, 0.25) is 0 Å². The Balaban J connectivity index is 2.31. The summed E-state index contributed by atoms with van der Waals surface area (Å²) >= 11 is 1.14. The molecule has 4 heteroatoms. The van der Waals surface area contributed by atoms with Crippen LogP contribution in [0.5, 0.6) is 0 Å². The molecular weight excluding hydrogens is 281 g/mol. The molecule has 0 N–H and O–H groups in total. The van der Waals surface area contributed by atoms with Crippen molar-refractivity contribution in [2.75, 3.05) is 0 Å². The molecule has 1 aromatic heterocycles. The standard InChI is InChI=1S/C16H11F3S/c1-8-3-5-10(6-4-8)16-15(19)12-11(20-16)7-9(2)13(17)14(12)18/h3-7H,1-2H3. The molecule has 20 heavy (non-hydrogen) atoms. The van der Waals surface area contributed by atoms with Crippen molar-refractivity contribution in [1.82, 2.24) is 0 Å². The van der Waals surface area contributed by atoms with Crippen LogP contribution in [0.25, 0.3) is 20.5 Å². The average Bonchev–Trinajstić information content (AvgIpc) is 2.74. The first-order valence-corrected chi connectivity index (χ1v) is 6.94. The Hall–Kier alpha value is -1.81. The summed E-state index contributed by atoms with van der Waals surface area (Å²) in [6, 6.07) is 8.77. The number of halogens is 3. The molecule has 0 unspecified atom stereocenters. The molecule has 0 fully saturated rings. The molecule has 0 nitrogen and oxygen atoms in total. The number of hydrogen-bond donors (Lipinski definition) is 0. The molecule has 0 bridgehead atoms. The third-order valence-electron chi connectivity index (χ3n) is 3.30. The zero-order valence-corrected chi connectivity index (χ0v) is 11.7. The van der Waals surface area contributed by atoms with E-state index in [4.69, 9.17) is 0 Å². The SMILES string of the molecule is Cc1ccc(-c2sc3cc(C)c(F)c(F)c3c2F)cc1. The molecule has 3 aromatic rings. The van der Waals surface area contributed by atoms with E-state index in [0.29, 0.717) is 15.1 Å². The Labute approximate surface area is 118 Å². The Morgan fingerprint density at radius 1 is 0.850 bits per heavy atom. The van der Waals surface area contributed by atoms with E-state index in [-0.39, 0.29) is 10.9 Å². The monoisotopic (exact) mass is 292 g/mol. The predicted octanol–water partition coefficient (Wildman–Crippen LogP) is 5.60. The number of thiophene rings is 1. The highest BCUT2D eigenvalue weighted by Crippen LogP contribution is 2.39. The molecule has 0 saturated heterocycles. The van der Waals surface area contributed by atoms with Gasteiger partial charge in [0, 0.05) is 4.70 Å². The van der Waals surface area contributed by atoms with E-state index in [1.54, 1.807) is 12.1 Å². The van der Waals surface area contributed by atoms with Crippen LogP contribution in [0.3, 0.4) is 0 Å². The van der Waals surface area contributed by atoms with Crippen LogP contribution in [-0.2, 0) is 0 Å². The predicted molar refractivity (Wildman–Crippen MR) is 76.6 cm³/mol. The van der Waals surface area contributed by atoms with Crippen molar-refractivity contribution in [3.8, 4) is 10.4 Å². The molecule has 0 aliphatic rings. The lowest BCUT2D eigenvalue weighted by Crippen LogP contribution is -1.90. The highest BCUT2D eigenvalue weighted by Gasteiger charge is 2.21. The van der Waals surface area contributed by atoms with Gasteiger partial charge in [-0.2, -0.15) is 0 Å². The van der Waals surface area contributed by atoms with E-state index in [2.05, 4.69) is 0 Å². The van der Waals surface area contributed by atoms with E-state index in [1.807, 2.05) is 19.1 Å². The smallest absolute Gasteiger partial charge is 0.170 e. The fraction of sp³-hybridized carbons (Fsp3) is 0.125. The van der Waals surface area contributed by atoms with Gasteiger partial charge in [0.1, 0.15) is 0 Å². The number of benzene rings is 2. The summed E-state index contributed by atoms with van der Waals surface area (Å²) in [6.45, 7) is 3.41. The van der Waals surface area contributed by atoms with Gasteiger partial charge in [0.15, 0.2) is 17.5 Å². The maximum Gasteiger partial charge on any atom is 0.170 e. The molecule has 102 valence electrons. The second kappa shape index (κ2) is 4.63. The van der Waals surface area contributed by atoms with Crippen molar-refractivity contribution in [2.24, 2.45) is 0 Å². The fourth-order valence-electron chi connectivity index (χ4n) is 2.17. The van der Waals surface area contributed by atoms with Crippen LogP contribution in [0.15, 0.2) is 30.3 Å². The zero-order chi connectivity index (χ0) is 14.4. The zero-order valence-electron chi connectivity index (χ0n) is 10.9. The first-order valence-electron chi connectivity index (χ1n) is 6.12. The molecule has 0 spiro atoms. The third-order valence-corrected chi connectivity index (χ3v) is 4.46. The van der Waals surface area contributed by atoms with Crippen LogP contribution in [0.4, 0.5) is 13.2 Å². The fourth-order valence-corrected chi connectivity index (χ4v) is 3.35. The summed E-state index contributed by atoms with van der Waals surface area (Å²) in [5.74, 6) is -2.78. The number of fused-ring (bicyclic) bond motifs is 1. The lowest BCUT2D eigenvalue weighted by atomic mass is 10.1. The Kier molecular flexibility index (Phi) is 3.05. The van der Waals surface area contributed by atoms with Crippen molar-refractivity contribution >= 4 is 21.4 Å². The molecular formula is C16H11F3S. The third kappa shape index (κ3) is 1.91. The van der Waals surface area contributed by atoms with Gasteiger partial charge in [-0.25, -0.2) is 13.2 Å². The minimum atomic E-state index is -1.10. The Morgan fingerprint density at radius 2 is 1.50 bits per heavy atom. The van der Waals surface area contributed by atoms with Crippen LogP contribution in [0, 0.1) is 31.3 Å². The van der Waals surface area contributed by atoms with Gasteiger partial charge in [-0.05, 0) is 31.0 Å². The van der Waals surface area contributed by atoms with Crippen LogP contribution in [-0.4, -0.2) is 0 Å². The number of hydrogen-bond acceptors (Lipinski definition) is 1. The maximum absolute atomic E-state index is 14.4. The largest absolute Gasteiger partial charge is 0.205 e. The van der Waals surface area contributed by atoms with Gasteiger partial charge in [0.05, 0.1) is 10.3 Å². The van der Waals surface area contributed by atoms with Gasteiger partial charge in [-0.3, -0.25) is 0 Å². The minimum absolute atomic E-state index is 0.187. The van der Waals surface area contributed by atoms with Crippen LogP contribution < -0.4 is 0 Å². The minimum Gasteiger partial charge on any atom is -0.205 e. The Morgan fingerprint density at radius 3 is 2.15 bits per heavy atom. The normalized spacial score (nSPS) is 11.2.